The molecular formula is C42H54O6STe2. The zero-order chi connectivity index (χ0) is 35.5. The summed E-state index contributed by atoms with van der Waals surface area (Å²) in [6.45, 7) is 17.6. The van der Waals surface area contributed by atoms with E-state index in [2.05, 4.69) is 41.5 Å². The molecule has 0 saturated heterocycles. The van der Waals surface area contributed by atoms with Crippen molar-refractivity contribution in [2.75, 3.05) is 39.6 Å². The van der Waals surface area contributed by atoms with Crippen LogP contribution >= 0.6 is 11.3 Å². The van der Waals surface area contributed by atoms with Crippen molar-refractivity contribution in [1.82, 2.24) is 0 Å². The van der Waals surface area contributed by atoms with Crippen LogP contribution < -0.4 is 28.4 Å². The van der Waals surface area contributed by atoms with Crippen molar-refractivity contribution in [1.29, 1.82) is 0 Å². The van der Waals surface area contributed by atoms with Gasteiger partial charge in [0.15, 0.2) is 0 Å². The normalized spacial score (nSPS) is 12.4. The molecule has 0 fully saturated rings. The summed E-state index contributed by atoms with van der Waals surface area (Å²) in [5, 5.41) is 8.33. The number of unbranched alkanes of at least 4 members (excludes halogenated alkanes) is 6. The van der Waals surface area contributed by atoms with Gasteiger partial charge in [0.25, 0.3) is 0 Å². The fourth-order valence-corrected chi connectivity index (χ4v) is 15.8. The maximum atomic E-state index is 6.91. The molecule has 3 heterocycles. The van der Waals surface area contributed by atoms with Crippen LogP contribution in [-0.4, -0.2) is 80.5 Å². The van der Waals surface area contributed by atoms with Crippen molar-refractivity contribution in [3.8, 4) is 34.5 Å². The molecule has 0 unspecified atom stereocenters. The van der Waals surface area contributed by atoms with Crippen LogP contribution in [0.4, 0.5) is 0 Å². The molecule has 4 aromatic carbocycles. The van der Waals surface area contributed by atoms with Gasteiger partial charge in [0.1, 0.15) is 0 Å². The zero-order valence-corrected chi connectivity index (χ0v) is 36.9. The number of benzene rings is 4. The van der Waals surface area contributed by atoms with E-state index in [0.29, 0.717) is 39.6 Å². The first-order valence-corrected chi connectivity index (χ1v) is 25.2. The van der Waals surface area contributed by atoms with Gasteiger partial charge in [-0.2, -0.15) is 0 Å². The molecule has 0 amide bonds. The molecular weight excluding hydrogens is 888 g/mol. The van der Waals surface area contributed by atoms with Crippen molar-refractivity contribution >= 4 is 108 Å². The van der Waals surface area contributed by atoms with E-state index >= 15 is 0 Å². The molecule has 3 aromatic heterocycles. The summed E-state index contributed by atoms with van der Waals surface area (Å²) in [5.74, 6) is 5.91. The van der Waals surface area contributed by atoms with Gasteiger partial charge in [-0.05, 0) is 0 Å². The first-order chi connectivity index (χ1) is 25.1. The SMILES string of the molecule is CCCCOc1c(OCCCC)c2[te]c3c(OCCCC)c(OCCCC)c4[te]c5c(OCCCC)c(OCCCC)c6sc1c1c6c5c4c3c21. The molecule has 0 atom stereocenters. The zero-order valence-electron chi connectivity index (χ0n) is 31.4. The monoisotopic (exact) mass is 946 g/mol. The summed E-state index contributed by atoms with van der Waals surface area (Å²) in [6.07, 6.45) is 12.7. The van der Waals surface area contributed by atoms with Crippen LogP contribution in [0.3, 0.4) is 0 Å². The van der Waals surface area contributed by atoms with E-state index in [9.17, 15) is 0 Å². The van der Waals surface area contributed by atoms with Crippen LogP contribution in [0.25, 0.3) is 55.3 Å². The third kappa shape index (κ3) is 6.69. The molecule has 0 saturated carbocycles. The van der Waals surface area contributed by atoms with Crippen LogP contribution in [-0.2, 0) is 0 Å². The van der Waals surface area contributed by atoms with Crippen LogP contribution in [0, 0.1) is 0 Å². The Morgan fingerprint density at radius 3 is 0.843 bits per heavy atom. The van der Waals surface area contributed by atoms with Crippen LogP contribution in [0.5, 0.6) is 34.5 Å². The fourth-order valence-electron chi connectivity index (χ4n) is 7.00. The number of rotatable bonds is 24. The predicted molar refractivity (Wildman–Crippen MR) is 219 cm³/mol. The number of hydrogen-bond acceptors (Lipinski definition) is 7. The van der Waals surface area contributed by atoms with Crippen molar-refractivity contribution in [2.24, 2.45) is 0 Å². The molecule has 7 aromatic rings. The average Bonchev–Trinajstić information content (AvgIpc) is 3.83. The first kappa shape index (κ1) is 37.6. The van der Waals surface area contributed by atoms with E-state index in [1.807, 2.05) is 11.3 Å². The Balaban J connectivity index is 1.65. The molecule has 7 rings (SSSR count). The molecule has 0 aliphatic rings. The molecule has 6 nitrogen and oxygen atoms in total. The molecule has 0 aliphatic heterocycles. The molecule has 0 N–H and O–H groups in total. The fraction of sp³-hybridized carbons (Fsp3) is 0.571. The third-order valence-corrected chi connectivity index (χ3v) is 17.8. The van der Waals surface area contributed by atoms with E-state index in [4.69, 9.17) is 28.4 Å². The van der Waals surface area contributed by atoms with Gasteiger partial charge in [-0.25, -0.2) is 0 Å². The summed E-state index contributed by atoms with van der Waals surface area (Å²) in [4.78, 5) is 0. The van der Waals surface area contributed by atoms with Gasteiger partial charge in [-0.15, -0.1) is 0 Å². The summed E-state index contributed by atoms with van der Waals surface area (Å²) in [6, 6.07) is 0. The quantitative estimate of drug-likeness (QED) is 0.0342. The third-order valence-electron chi connectivity index (χ3n) is 9.80. The van der Waals surface area contributed by atoms with Crippen LogP contribution in [0.1, 0.15) is 119 Å². The maximum absolute atomic E-state index is 6.91. The van der Waals surface area contributed by atoms with Crippen molar-refractivity contribution in [3.05, 3.63) is 0 Å². The van der Waals surface area contributed by atoms with Gasteiger partial charge < -0.3 is 0 Å². The first-order valence-electron chi connectivity index (χ1n) is 19.7. The Morgan fingerprint density at radius 2 is 0.569 bits per heavy atom. The second kappa shape index (κ2) is 17.2. The minimum atomic E-state index is -0.896. The van der Waals surface area contributed by atoms with Crippen molar-refractivity contribution < 1.29 is 28.4 Å². The van der Waals surface area contributed by atoms with E-state index < -0.39 is 40.9 Å². The standard InChI is InChI=1S/C42H54O6STe2/c1-7-13-19-43-31-33(45-21-15-9-3)39-27-25-26-28-30-29(27)41(50-39)35(47-23-17-11-5)36(48-24-18-12-6)42(30)51-40(28)34(46-22-16-10-4)32(44-20-14-8-2)38(26)49-37(25)31/h7-24H2,1-6H3. The Kier molecular flexibility index (Phi) is 12.6. The van der Waals surface area contributed by atoms with E-state index in [-0.39, 0.29) is 0 Å². The van der Waals surface area contributed by atoms with Crippen LogP contribution in [0.2, 0.25) is 0 Å². The van der Waals surface area contributed by atoms with E-state index in [0.717, 1.165) is 112 Å². The summed E-state index contributed by atoms with van der Waals surface area (Å²) < 4.78 is 49.3. The number of hydrogen-bond donors (Lipinski definition) is 0. The average molecular weight is 942 g/mol. The Hall–Kier alpha value is -1.74. The van der Waals surface area contributed by atoms with Gasteiger partial charge in [0, 0.05) is 0 Å². The molecule has 0 bridgehead atoms. The molecule has 276 valence electrons. The van der Waals surface area contributed by atoms with Gasteiger partial charge in [-0.1, -0.05) is 0 Å². The second-order valence-corrected chi connectivity index (χ2v) is 20.6. The Bertz CT molecular complexity index is 1740. The number of ether oxygens (including phenoxy) is 6. The minimum absolute atomic E-state index is 0.683. The second-order valence-electron chi connectivity index (χ2n) is 13.7. The topological polar surface area (TPSA) is 55.4 Å². The molecule has 0 spiro atoms. The molecule has 0 aliphatic carbocycles. The van der Waals surface area contributed by atoms with Gasteiger partial charge >= 0.3 is 329 Å². The summed E-state index contributed by atoms with van der Waals surface area (Å²) >= 11 is 0.0461. The van der Waals surface area contributed by atoms with Gasteiger partial charge in [-0.3, -0.25) is 0 Å². The molecule has 0 radical (unpaired) electrons. The Morgan fingerprint density at radius 1 is 0.333 bits per heavy atom. The summed E-state index contributed by atoms with van der Waals surface area (Å²) in [5.41, 5.74) is 0. The van der Waals surface area contributed by atoms with Crippen LogP contribution in [0.15, 0.2) is 0 Å². The predicted octanol–water partition coefficient (Wildman–Crippen LogP) is 12.2. The van der Waals surface area contributed by atoms with E-state index in [1.165, 1.54) is 55.3 Å². The van der Waals surface area contributed by atoms with E-state index in [1.54, 1.807) is 0 Å². The number of thiophene rings is 1. The molecule has 9 heteroatoms. The van der Waals surface area contributed by atoms with Gasteiger partial charge in [0.05, 0.1) is 0 Å². The van der Waals surface area contributed by atoms with Crippen molar-refractivity contribution in [2.45, 2.75) is 119 Å². The van der Waals surface area contributed by atoms with Crippen molar-refractivity contribution in [3.63, 3.8) is 0 Å². The summed E-state index contributed by atoms with van der Waals surface area (Å²) in [7, 11) is 0. The Labute approximate surface area is 326 Å². The molecule has 51 heavy (non-hydrogen) atoms. The van der Waals surface area contributed by atoms with Gasteiger partial charge in [0.2, 0.25) is 0 Å².